The van der Waals surface area contributed by atoms with E-state index in [0.717, 1.165) is 24.8 Å². The molecule has 0 spiro atoms. The molecule has 2 aromatic rings. The van der Waals surface area contributed by atoms with Crippen LogP contribution in [0.25, 0.3) is 0 Å². The van der Waals surface area contributed by atoms with E-state index in [1.165, 1.54) is 12.1 Å². The van der Waals surface area contributed by atoms with Gasteiger partial charge in [0, 0.05) is 18.7 Å². The number of halogens is 1. The molecule has 0 bridgehead atoms. The number of rotatable bonds is 6. The molecule has 3 rings (SSSR count). The summed E-state index contributed by atoms with van der Waals surface area (Å²) < 4.78 is 39.6. The zero-order valence-corrected chi connectivity index (χ0v) is 16.7. The van der Waals surface area contributed by atoms with Gasteiger partial charge in [-0.2, -0.15) is 0 Å². The van der Waals surface area contributed by atoms with Crippen molar-refractivity contribution in [3.8, 4) is 0 Å². The Morgan fingerprint density at radius 3 is 2.25 bits per heavy atom. The fourth-order valence-corrected chi connectivity index (χ4v) is 4.92. The molecule has 1 heterocycles. The number of carbonyl (C=O) groups excluding carboxylic acids is 1. The first-order valence-corrected chi connectivity index (χ1v) is 11.1. The number of benzene rings is 2. The molecule has 1 aliphatic heterocycles. The molecule has 0 radical (unpaired) electrons. The minimum absolute atomic E-state index is 0.0547. The highest BCUT2D eigenvalue weighted by Gasteiger charge is 2.24. The van der Waals surface area contributed by atoms with Crippen molar-refractivity contribution < 1.29 is 17.6 Å². The SMILES string of the molecule is C[C@@H](NC(=O)c1ccc(CS(=O)(=O)N2CCCCC2)cc1)c1ccc(F)cc1. The second-order valence-corrected chi connectivity index (χ2v) is 9.13. The van der Waals surface area contributed by atoms with E-state index in [9.17, 15) is 17.6 Å². The third kappa shape index (κ3) is 5.17. The number of nitrogens with one attached hydrogen (secondary N) is 1. The van der Waals surface area contributed by atoms with E-state index in [0.29, 0.717) is 24.2 Å². The number of hydrogen-bond donors (Lipinski definition) is 1. The van der Waals surface area contributed by atoms with E-state index in [1.807, 2.05) is 6.92 Å². The molecule has 2 aromatic carbocycles. The number of sulfonamides is 1. The van der Waals surface area contributed by atoms with Crippen molar-refractivity contribution in [2.24, 2.45) is 0 Å². The van der Waals surface area contributed by atoms with Crippen LogP contribution < -0.4 is 5.32 Å². The number of piperidine rings is 1. The van der Waals surface area contributed by atoms with Gasteiger partial charge >= 0.3 is 0 Å². The van der Waals surface area contributed by atoms with Crippen LogP contribution in [0.3, 0.4) is 0 Å². The molecule has 0 unspecified atom stereocenters. The second kappa shape index (κ2) is 8.84. The third-order valence-electron chi connectivity index (χ3n) is 4.99. The number of amides is 1. The van der Waals surface area contributed by atoms with Crippen molar-refractivity contribution in [3.05, 3.63) is 71.0 Å². The predicted molar refractivity (Wildman–Crippen MR) is 107 cm³/mol. The van der Waals surface area contributed by atoms with Gasteiger partial charge in [0.05, 0.1) is 11.8 Å². The van der Waals surface area contributed by atoms with Gasteiger partial charge in [-0.3, -0.25) is 4.79 Å². The fourth-order valence-electron chi connectivity index (χ4n) is 3.31. The molecular weight excluding hydrogens is 379 g/mol. The Kier molecular flexibility index (Phi) is 6.46. The summed E-state index contributed by atoms with van der Waals surface area (Å²) in [5.74, 6) is -0.638. The van der Waals surface area contributed by atoms with E-state index < -0.39 is 10.0 Å². The molecule has 150 valence electrons. The molecule has 1 atom stereocenters. The Balaban J connectivity index is 1.61. The van der Waals surface area contributed by atoms with Crippen molar-refractivity contribution in [2.45, 2.75) is 38.0 Å². The van der Waals surface area contributed by atoms with E-state index >= 15 is 0 Å². The zero-order chi connectivity index (χ0) is 20.1. The molecule has 1 fully saturated rings. The van der Waals surface area contributed by atoms with Gasteiger partial charge in [0.1, 0.15) is 5.82 Å². The molecule has 1 saturated heterocycles. The van der Waals surface area contributed by atoms with Gasteiger partial charge in [-0.25, -0.2) is 17.1 Å². The molecular formula is C21H25FN2O3S. The van der Waals surface area contributed by atoms with Crippen LogP contribution >= 0.6 is 0 Å². The predicted octanol–water partition coefficient (Wildman–Crippen LogP) is 3.63. The maximum Gasteiger partial charge on any atom is 0.251 e. The molecule has 28 heavy (non-hydrogen) atoms. The number of hydrogen-bond acceptors (Lipinski definition) is 3. The molecule has 0 aromatic heterocycles. The largest absolute Gasteiger partial charge is 0.346 e. The summed E-state index contributed by atoms with van der Waals surface area (Å²) in [7, 11) is -3.33. The van der Waals surface area contributed by atoms with Gasteiger partial charge in [-0.05, 0) is 55.2 Å². The lowest BCUT2D eigenvalue weighted by atomic mass is 10.1. The normalized spacial score (nSPS) is 16.5. The van der Waals surface area contributed by atoms with Gasteiger partial charge in [0.25, 0.3) is 5.91 Å². The first-order valence-electron chi connectivity index (χ1n) is 9.48. The molecule has 0 saturated carbocycles. The molecule has 1 N–H and O–H groups in total. The zero-order valence-electron chi connectivity index (χ0n) is 15.9. The van der Waals surface area contributed by atoms with Gasteiger partial charge in [-0.15, -0.1) is 0 Å². The summed E-state index contributed by atoms with van der Waals surface area (Å²) >= 11 is 0. The Morgan fingerprint density at radius 1 is 1.04 bits per heavy atom. The Hall–Kier alpha value is -2.25. The van der Waals surface area contributed by atoms with Crippen LogP contribution in [-0.4, -0.2) is 31.7 Å². The van der Waals surface area contributed by atoms with Gasteiger partial charge in [0.15, 0.2) is 0 Å². The second-order valence-electron chi connectivity index (χ2n) is 7.16. The lowest BCUT2D eigenvalue weighted by Gasteiger charge is -2.25. The highest BCUT2D eigenvalue weighted by Crippen LogP contribution is 2.18. The molecule has 1 aliphatic rings. The van der Waals surface area contributed by atoms with E-state index in [4.69, 9.17) is 0 Å². The smallest absolute Gasteiger partial charge is 0.251 e. The van der Waals surface area contributed by atoms with E-state index in [-0.39, 0.29) is 23.5 Å². The lowest BCUT2D eigenvalue weighted by molar-refractivity contribution is 0.0940. The van der Waals surface area contributed by atoms with Crippen molar-refractivity contribution in [1.82, 2.24) is 9.62 Å². The molecule has 1 amide bonds. The monoisotopic (exact) mass is 404 g/mol. The molecule has 0 aliphatic carbocycles. The maximum absolute atomic E-state index is 13.0. The van der Waals surface area contributed by atoms with Gasteiger partial charge in [0.2, 0.25) is 10.0 Å². The lowest BCUT2D eigenvalue weighted by Crippen LogP contribution is -2.36. The first-order chi connectivity index (χ1) is 13.3. The summed E-state index contributed by atoms with van der Waals surface area (Å²) in [5, 5.41) is 2.86. The Labute approximate surface area is 165 Å². The average Bonchev–Trinajstić information content (AvgIpc) is 2.69. The van der Waals surface area contributed by atoms with Crippen molar-refractivity contribution in [3.63, 3.8) is 0 Å². The topological polar surface area (TPSA) is 66.5 Å². The van der Waals surface area contributed by atoms with Crippen LogP contribution in [0.1, 0.15) is 53.7 Å². The average molecular weight is 405 g/mol. The molecule has 7 heteroatoms. The first kappa shape index (κ1) is 20.5. The highest BCUT2D eigenvalue weighted by atomic mass is 32.2. The molecule has 5 nitrogen and oxygen atoms in total. The van der Waals surface area contributed by atoms with Crippen molar-refractivity contribution in [2.75, 3.05) is 13.1 Å². The van der Waals surface area contributed by atoms with Crippen molar-refractivity contribution >= 4 is 15.9 Å². The summed E-state index contributed by atoms with van der Waals surface area (Å²) in [6.07, 6.45) is 2.89. The Morgan fingerprint density at radius 2 is 1.64 bits per heavy atom. The van der Waals surface area contributed by atoms with Crippen molar-refractivity contribution in [1.29, 1.82) is 0 Å². The summed E-state index contributed by atoms with van der Waals surface area (Å²) in [4.78, 5) is 12.4. The summed E-state index contributed by atoms with van der Waals surface area (Å²) in [6.45, 7) is 3.00. The summed E-state index contributed by atoms with van der Waals surface area (Å²) in [6, 6.07) is 12.3. The van der Waals surface area contributed by atoms with Crippen LogP contribution in [0.2, 0.25) is 0 Å². The number of carbonyl (C=O) groups is 1. The Bertz CT molecular complexity index is 906. The van der Waals surface area contributed by atoms with Crippen LogP contribution in [-0.2, 0) is 15.8 Å². The minimum atomic E-state index is -3.33. The standard InChI is InChI=1S/C21H25FN2O3S/c1-16(18-9-11-20(22)12-10-18)23-21(25)19-7-5-17(6-8-19)15-28(26,27)24-13-3-2-4-14-24/h5-12,16H,2-4,13-15H2,1H3,(H,23,25)/t16-/m1/s1. The van der Waals surface area contributed by atoms with E-state index in [2.05, 4.69) is 5.32 Å². The van der Waals surface area contributed by atoms with Crippen LogP contribution in [0, 0.1) is 5.82 Å². The fraction of sp³-hybridized carbons (Fsp3) is 0.381. The third-order valence-corrected chi connectivity index (χ3v) is 6.84. The minimum Gasteiger partial charge on any atom is -0.346 e. The van der Waals surface area contributed by atoms with Gasteiger partial charge < -0.3 is 5.32 Å². The van der Waals surface area contributed by atoms with E-state index in [1.54, 1.807) is 40.7 Å². The maximum atomic E-state index is 13.0. The van der Waals surface area contributed by atoms with Crippen LogP contribution in [0.15, 0.2) is 48.5 Å². The number of nitrogens with zero attached hydrogens (tertiary/aromatic N) is 1. The quantitative estimate of drug-likeness (QED) is 0.799. The highest BCUT2D eigenvalue weighted by molar-refractivity contribution is 7.88. The van der Waals surface area contributed by atoms with Crippen LogP contribution in [0.4, 0.5) is 4.39 Å². The van der Waals surface area contributed by atoms with Crippen LogP contribution in [0.5, 0.6) is 0 Å². The van der Waals surface area contributed by atoms with Gasteiger partial charge in [-0.1, -0.05) is 30.7 Å². The summed E-state index contributed by atoms with van der Waals surface area (Å²) in [5.41, 5.74) is 1.92.